The number of hydrogen-bond donors (Lipinski definition) is 2. The van der Waals surface area contributed by atoms with Crippen molar-refractivity contribution >= 4 is 46.4 Å². The van der Waals surface area contributed by atoms with Gasteiger partial charge < -0.3 is 10.6 Å². The molecule has 0 saturated carbocycles. The van der Waals surface area contributed by atoms with E-state index in [0.29, 0.717) is 22.7 Å². The summed E-state index contributed by atoms with van der Waals surface area (Å²) < 4.78 is 40.6. The standard InChI is InChI=1S/C20H18Cl3F3N2O/c1-2-27-19(29)28-11-13-5-3-12(7-18(13)23)4-6-17(20(24,25)26)14-8-15(21)10-16(22)9-14/h3,5-10H,2,4,11H2,1H3,(H2,27,28,29). The Morgan fingerprint density at radius 2 is 1.69 bits per heavy atom. The summed E-state index contributed by atoms with van der Waals surface area (Å²) >= 11 is 17.9. The molecule has 29 heavy (non-hydrogen) atoms. The molecule has 0 fully saturated rings. The summed E-state index contributed by atoms with van der Waals surface area (Å²) in [6.45, 7) is 2.49. The lowest BCUT2D eigenvalue weighted by atomic mass is 10.0. The molecule has 2 aromatic carbocycles. The summed E-state index contributed by atoms with van der Waals surface area (Å²) in [5.74, 6) is 0. The highest BCUT2D eigenvalue weighted by Crippen LogP contribution is 2.36. The number of benzene rings is 2. The minimum atomic E-state index is -4.58. The van der Waals surface area contributed by atoms with Crippen LogP contribution in [0.1, 0.15) is 23.6 Å². The van der Waals surface area contributed by atoms with E-state index in [2.05, 4.69) is 10.6 Å². The van der Waals surface area contributed by atoms with Gasteiger partial charge in [-0.15, -0.1) is 0 Å². The Labute approximate surface area is 181 Å². The lowest BCUT2D eigenvalue weighted by Gasteiger charge is -2.13. The highest BCUT2D eigenvalue weighted by Gasteiger charge is 2.34. The van der Waals surface area contributed by atoms with Crippen molar-refractivity contribution in [1.82, 2.24) is 10.6 Å². The first kappa shape index (κ1) is 23.4. The molecule has 0 atom stereocenters. The van der Waals surface area contributed by atoms with Gasteiger partial charge in [-0.3, -0.25) is 0 Å². The van der Waals surface area contributed by atoms with Gasteiger partial charge in [-0.2, -0.15) is 13.2 Å². The number of rotatable bonds is 6. The molecule has 2 N–H and O–H groups in total. The van der Waals surface area contributed by atoms with Gasteiger partial charge in [0.2, 0.25) is 0 Å². The van der Waals surface area contributed by atoms with Crippen LogP contribution in [0.25, 0.3) is 5.57 Å². The van der Waals surface area contributed by atoms with E-state index >= 15 is 0 Å². The molecule has 0 aromatic heterocycles. The monoisotopic (exact) mass is 464 g/mol. The zero-order valence-electron chi connectivity index (χ0n) is 15.3. The topological polar surface area (TPSA) is 41.1 Å². The maximum absolute atomic E-state index is 13.5. The van der Waals surface area contributed by atoms with Crippen LogP contribution in [0, 0.1) is 0 Å². The molecule has 0 aliphatic heterocycles. The Balaban J connectivity index is 2.20. The first-order chi connectivity index (χ1) is 13.6. The van der Waals surface area contributed by atoms with Crippen molar-refractivity contribution in [3.63, 3.8) is 0 Å². The second-order valence-corrected chi connectivity index (χ2v) is 7.40. The van der Waals surface area contributed by atoms with E-state index in [1.54, 1.807) is 25.1 Å². The summed E-state index contributed by atoms with van der Waals surface area (Å²) in [7, 11) is 0. The van der Waals surface area contributed by atoms with Crippen molar-refractivity contribution in [2.75, 3.05) is 6.54 Å². The largest absolute Gasteiger partial charge is 0.416 e. The van der Waals surface area contributed by atoms with Gasteiger partial charge in [0.1, 0.15) is 0 Å². The van der Waals surface area contributed by atoms with Gasteiger partial charge in [-0.1, -0.05) is 53.0 Å². The third-order valence-electron chi connectivity index (χ3n) is 3.92. The van der Waals surface area contributed by atoms with Gasteiger partial charge in [-0.25, -0.2) is 4.79 Å². The van der Waals surface area contributed by atoms with Crippen molar-refractivity contribution in [2.45, 2.75) is 26.1 Å². The van der Waals surface area contributed by atoms with Crippen molar-refractivity contribution in [3.8, 4) is 0 Å². The molecule has 0 heterocycles. The third kappa shape index (κ3) is 7.14. The number of allylic oxidation sites excluding steroid dienone is 2. The fraction of sp³-hybridized carbons (Fsp3) is 0.250. The SMILES string of the molecule is CCNC(=O)NCc1ccc(CC=C(c2cc(Cl)cc(Cl)c2)C(F)(F)F)cc1Cl. The molecule has 9 heteroatoms. The minimum Gasteiger partial charge on any atom is -0.338 e. The average molecular weight is 466 g/mol. The van der Waals surface area contributed by atoms with Crippen LogP contribution in [-0.4, -0.2) is 18.8 Å². The zero-order valence-corrected chi connectivity index (χ0v) is 17.6. The number of hydrogen-bond acceptors (Lipinski definition) is 1. The summed E-state index contributed by atoms with van der Waals surface area (Å²) in [5.41, 5.74) is 0.304. The molecule has 0 radical (unpaired) electrons. The molecular weight excluding hydrogens is 448 g/mol. The van der Waals surface area contributed by atoms with Crippen molar-refractivity contribution < 1.29 is 18.0 Å². The quantitative estimate of drug-likeness (QED) is 0.492. The van der Waals surface area contributed by atoms with Crippen LogP contribution in [0.3, 0.4) is 0 Å². The molecule has 0 spiro atoms. The van der Waals surface area contributed by atoms with Crippen molar-refractivity contribution in [2.24, 2.45) is 0 Å². The van der Waals surface area contributed by atoms with Crippen LogP contribution in [0.2, 0.25) is 15.1 Å². The molecule has 3 nitrogen and oxygen atoms in total. The van der Waals surface area contributed by atoms with Crippen LogP contribution in [0.15, 0.2) is 42.5 Å². The molecular formula is C20H18Cl3F3N2O. The van der Waals surface area contributed by atoms with Crippen molar-refractivity contribution in [1.29, 1.82) is 0 Å². The maximum atomic E-state index is 13.5. The normalized spacial score (nSPS) is 12.0. The van der Waals surface area contributed by atoms with Crippen LogP contribution in [0.5, 0.6) is 0 Å². The molecule has 2 amide bonds. The van der Waals surface area contributed by atoms with Gasteiger partial charge in [0.25, 0.3) is 0 Å². The van der Waals surface area contributed by atoms with Crippen LogP contribution >= 0.6 is 34.8 Å². The third-order valence-corrected chi connectivity index (χ3v) is 4.70. The average Bonchev–Trinajstić information content (AvgIpc) is 2.59. The van der Waals surface area contributed by atoms with E-state index in [0.717, 1.165) is 6.08 Å². The van der Waals surface area contributed by atoms with Crippen molar-refractivity contribution in [3.05, 3.63) is 74.2 Å². The first-order valence-corrected chi connectivity index (χ1v) is 9.76. The number of amides is 2. The Morgan fingerprint density at radius 3 is 2.24 bits per heavy atom. The number of halogens is 6. The molecule has 0 saturated heterocycles. The van der Waals surface area contributed by atoms with E-state index in [1.807, 2.05) is 0 Å². The van der Waals surface area contributed by atoms with E-state index in [9.17, 15) is 18.0 Å². The van der Waals surface area contributed by atoms with Gasteiger partial charge in [0, 0.05) is 28.2 Å². The smallest absolute Gasteiger partial charge is 0.338 e. The molecule has 0 aliphatic carbocycles. The number of nitrogens with one attached hydrogen (secondary N) is 2. The number of urea groups is 1. The molecule has 0 aliphatic rings. The fourth-order valence-electron chi connectivity index (χ4n) is 2.59. The van der Waals surface area contributed by atoms with Crippen LogP contribution in [0.4, 0.5) is 18.0 Å². The second kappa shape index (κ2) is 10.2. The Bertz CT molecular complexity index is 894. The van der Waals surface area contributed by atoms with E-state index in [4.69, 9.17) is 34.8 Å². The summed E-state index contributed by atoms with van der Waals surface area (Å²) in [6.07, 6.45) is -3.50. The maximum Gasteiger partial charge on any atom is 0.416 e. The highest BCUT2D eigenvalue weighted by molar-refractivity contribution is 6.34. The number of carbonyl (C=O) groups excluding carboxylic acids is 1. The van der Waals surface area contributed by atoms with Gasteiger partial charge in [0.05, 0.1) is 5.57 Å². The van der Waals surface area contributed by atoms with Crippen LogP contribution < -0.4 is 10.6 Å². The molecule has 0 unspecified atom stereocenters. The van der Waals surface area contributed by atoms with E-state index in [-0.39, 0.29) is 34.6 Å². The first-order valence-electron chi connectivity index (χ1n) is 8.63. The highest BCUT2D eigenvalue weighted by atomic mass is 35.5. The number of alkyl halides is 3. The lowest BCUT2D eigenvalue weighted by molar-refractivity contribution is -0.0690. The Kier molecular flexibility index (Phi) is 8.25. The van der Waals surface area contributed by atoms with E-state index < -0.39 is 11.7 Å². The minimum absolute atomic E-state index is 0.00270. The predicted molar refractivity (Wildman–Crippen MR) is 112 cm³/mol. The molecule has 2 rings (SSSR count). The summed E-state index contributed by atoms with van der Waals surface area (Å²) in [6, 6.07) is 8.38. The van der Waals surface area contributed by atoms with Gasteiger partial charge in [-0.05, 0) is 54.3 Å². The molecule has 0 bridgehead atoms. The molecule has 2 aromatic rings. The zero-order chi connectivity index (χ0) is 21.6. The fourth-order valence-corrected chi connectivity index (χ4v) is 3.38. The second-order valence-electron chi connectivity index (χ2n) is 6.12. The predicted octanol–water partition coefficient (Wildman–Crippen LogP) is 6.65. The van der Waals surface area contributed by atoms with Crippen LogP contribution in [-0.2, 0) is 13.0 Å². The summed E-state index contributed by atoms with van der Waals surface area (Å²) in [5, 5.41) is 5.83. The Hall–Kier alpha value is -1.89. The van der Waals surface area contributed by atoms with Gasteiger partial charge >= 0.3 is 12.2 Å². The Morgan fingerprint density at radius 1 is 1.03 bits per heavy atom. The number of carbonyl (C=O) groups is 1. The summed E-state index contributed by atoms with van der Waals surface area (Å²) in [4.78, 5) is 11.5. The van der Waals surface area contributed by atoms with Gasteiger partial charge in [0.15, 0.2) is 0 Å². The molecule has 156 valence electrons. The van der Waals surface area contributed by atoms with E-state index in [1.165, 1.54) is 18.2 Å². The lowest BCUT2D eigenvalue weighted by Crippen LogP contribution is -2.34.